The third-order valence-corrected chi connectivity index (χ3v) is 8.14. The van der Waals surface area contributed by atoms with E-state index in [1.807, 2.05) is 36.2 Å². The van der Waals surface area contributed by atoms with Crippen LogP contribution in [0, 0.1) is 16.7 Å². The minimum Gasteiger partial charge on any atom is -0.481 e. The highest BCUT2D eigenvalue weighted by atomic mass is 16.4. The van der Waals surface area contributed by atoms with E-state index in [9.17, 15) is 19.5 Å². The van der Waals surface area contributed by atoms with Crippen molar-refractivity contribution in [2.24, 2.45) is 11.7 Å². The Labute approximate surface area is 289 Å². The van der Waals surface area contributed by atoms with Gasteiger partial charge in [-0.25, -0.2) is 9.97 Å². The molecule has 4 rings (SSSR count). The van der Waals surface area contributed by atoms with Crippen LogP contribution in [0.4, 0.5) is 17.5 Å². The largest absolute Gasteiger partial charge is 0.481 e. The number of amidine groups is 1. The van der Waals surface area contributed by atoms with Crippen LogP contribution in [0.2, 0.25) is 0 Å². The SMILES string of the molecule is CN(Cc1cnc2nc(N)nc(N)c2n1)c1ccc(C(=O)C[C@@H](CCC(=O)NCCc2ccc(CCCC(=N)CC(=N)N)cc2)C(=O)O)cc1. The predicted octanol–water partition coefficient (Wildman–Crippen LogP) is 3.30. The highest BCUT2D eigenvalue weighted by Gasteiger charge is 2.23. The van der Waals surface area contributed by atoms with Crippen molar-refractivity contribution in [1.29, 1.82) is 10.8 Å². The molecular formula is C35H43N11O4. The van der Waals surface area contributed by atoms with Gasteiger partial charge in [-0.2, -0.15) is 9.97 Å². The van der Waals surface area contributed by atoms with Gasteiger partial charge in [-0.1, -0.05) is 24.3 Å². The number of rotatable bonds is 19. The third-order valence-electron chi connectivity index (χ3n) is 8.14. The Morgan fingerprint density at radius 2 is 1.62 bits per heavy atom. The average Bonchev–Trinajstić information content (AvgIpc) is 3.07. The summed E-state index contributed by atoms with van der Waals surface area (Å²) < 4.78 is 0. The van der Waals surface area contributed by atoms with Crippen molar-refractivity contribution < 1.29 is 19.5 Å². The van der Waals surface area contributed by atoms with E-state index in [1.54, 1.807) is 30.5 Å². The Morgan fingerprint density at radius 1 is 0.940 bits per heavy atom. The van der Waals surface area contributed by atoms with E-state index < -0.39 is 11.9 Å². The summed E-state index contributed by atoms with van der Waals surface area (Å²) in [6.45, 7) is 0.788. The fourth-order valence-electron chi connectivity index (χ4n) is 5.39. The molecule has 50 heavy (non-hydrogen) atoms. The first-order valence-corrected chi connectivity index (χ1v) is 16.2. The lowest BCUT2D eigenvalue weighted by atomic mass is 9.94. The maximum absolute atomic E-state index is 13.0. The Bertz CT molecular complexity index is 1850. The zero-order valence-electron chi connectivity index (χ0n) is 28.0. The van der Waals surface area contributed by atoms with E-state index >= 15 is 0 Å². The molecule has 0 spiro atoms. The molecule has 15 heteroatoms. The van der Waals surface area contributed by atoms with Gasteiger partial charge in [0.25, 0.3) is 0 Å². The van der Waals surface area contributed by atoms with Crippen molar-refractivity contribution in [3.8, 4) is 0 Å². The number of carboxylic acids is 1. The van der Waals surface area contributed by atoms with Crippen LogP contribution >= 0.6 is 0 Å². The van der Waals surface area contributed by atoms with Crippen LogP contribution in [0.1, 0.15) is 65.7 Å². The second-order valence-corrected chi connectivity index (χ2v) is 12.2. The number of carboxylic acid groups (broad SMARTS) is 1. The first kappa shape index (κ1) is 36.8. The molecule has 1 amide bonds. The van der Waals surface area contributed by atoms with Crippen molar-refractivity contribution in [2.75, 3.05) is 30.0 Å². The van der Waals surface area contributed by atoms with Crippen molar-refractivity contribution >= 4 is 57.8 Å². The maximum Gasteiger partial charge on any atom is 0.306 e. The number of nitrogen functional groups attached to an aromatic ring is 2. The number of hydrogen-bond donors (Lipinski definition) is 7. The number of aryl methyl sites for hydroxylation is 1. The van der Waals surface area contributed by atoms with Crippen LogP contribution in [0.25, 0.3) is 11.2 Å². The summed E-state index contributed by atoms with van der Waals surface area (Å²) in [6.07, 6.45) is 4.46. The first-order chi connectivity index (χ1) is 23.9. The summed E-state index contributed by atoms with van der Waals surface area (Å²) in [6, 6.07) is 14.9. The molecule has 1 atom stereocenters. The van der Waals surface area contributed by atoms with Crippen LogP contribution in [-0.2, 0) is 29.0 Å². The van der Waals surface area contributed by atoms with Gasteiger partial charge in [-0.3, -0.25) is 19.8 Å². The molecular weight excluding hydrogens is 638 g/mol. The summed E-state index contributed by atoms with van der Waals surface area (Å²) in [4.78, 5) is 56.0. The number of ketones is 1. The van der Waals surface area contributed by atoms with E-state index in [0.717, 1.165) is 29.7 Å². The minimum absolute atomic E-state index is 0.00558. The van der Waals surface area contributed by atoms with Crippen LogP contribution in [0.15, 0.2) is 54.7 Å². The van der Waals surface area contributed by atoms with Gasteiger partial charge in [-0.05, 0) is 67.5 Å². The van der Waals surface area contributed by atoms with Crippen LogP contribution in [-0.4, -0.2) is 67.8 Å². The highest BCUT2D eigenvalue weighted by molar-refractivity contribution is 6.00. The van der Waals surface area contributed by atoms with Gasteiger partial charge in [0.1, 0.15) is 0 Å². The van der Waals surface area contributed by atoms with Gasteiger partial charge in [0.2, 0.25) is 11.9 Å². The van der Waals surface area contributed by atoms with Gasteiger partial charge >= 0.3 is 5.97 Å². The Balaban J connectivity index is 1.19. The molecule has 0 bridgehead atoms. The number of nitrogens with two attached hydrogens (primary N) is 3. The number of aromatic nitrogens is 4. The number of amides is 1. The van der Waals surface area contributed by atoms with Crippen LogP contribution in [0.3, 0.4) is 0 Å². The van der Waals surface area contributed by atoms with Crippen molar-refractivity contribution in [3.63, 3.8) is 0 Å². The van der Waals surface area contributed by atoms with Crippen molar-refractivity contribution in [2.45, 2.75) is 57.9 Å². The van der Waals surface area contributed by atoms with Gasteiger partial charge in [0.15, 0.2) is 22.8 Å². The van der Waals surface area contributed by atoms with Gasteiger partial charge in [-0.15, -0.1) is 0 Å². The van der Waals surface area contributed by atoms with Gasteiger partial charge < -0.3 is 37.9 Å². The second-order valence-electron chi connectivity index (χ2n) is 12.2. The number of hydrogen-bond acceptors (Lipinski definition) is 12. The van der Waals surface area contributed by atoms with Crippen LogP contribution < -0.4 is 27.4 Å². The lowest BCUT2D eigenvalue weighted by Crippen LogP contribution is -2.27. The zero-order chi connectivity index (χ0) is 36.2. The molecule has 2 aromatic heterocycles. The topological polar surface area (TPSA) is 264 Å². The fourth-order valence-corrected chi connectivity index (χ4v) is 5.39. The molecule has 0 fully saturated rings. The molecule has 0 radical (unpaired) electrons. The lowest BCUT2D eigenvalue weighted by molar-refractivity contribution is -0.142. The molecule has 2 aromatic carbocycles. The number of anilines is 3. The number of nitrogens with one attached hydrogen (secondary N) is 3. The van der Waals surface area contributed by atoms with Gasteiger partial charge in [0, 0.05) is 49.8 Å². The summed E-state index contributed by atoms with van der Waals surface area (Å²) in [5.74, 6) is -2.54. The normalized spacial score (nSPS) is 11.5. The number of Topliss-reactive ketones (excluding diaryl/α,β-unsaturated/α-hetero) is 1. The first-order valence-electron chi connectivity index (χ1n) is 16.2. The number of benzene rings is 2. The van der Waals surface area contributed by atoms with E-state index in [-0.39, 0.29) is 55.0 Å². The quantitative estimate of drug-likeness (QED) is 0.0427. The van der Waals surface area contributed by atoms with Crippen molar-refractivity contribution in [1.82, 2.24) is 25.3 Å². The third kappa shape index (κ3) is 11.0. The second kappa shape index (κ2) is 17.4. The molecule has 0 aliphatic heterocycles. The molecule has 0 aliphatic carbocycles. The standard InChI is InChI=1S/C35H43N11O4/c1-46(20-26-19-42-33-31(43-26)32(39)44-35(40)45-33)27-12-9-23(10-13-27)28(47)17-24(34(49)50)11-14-30(48)41-16-15-22-7-5-21(6-8-22)3-2-4-25(36)18-29(37)38/h5-10,12-13,19,24,36H,2-4,11,14-18,20H2,1H3,(H3,37,38)(H,41,48)(H,49,50)(H4,39,40,42,44,45)/t24-/m1/s1. The molecule has 0 aliphatic rings. The van der Waals surface area contributed by atoms with Crippen LogP contribution in [0.5, 0.6) is 0 Å². The Kier molecular flexibility index (Phi) is 12.8. The predicted molar refractivity (Wildman–Crippen MR) is 192 cm³/mol. The van der Waals surface area contributed by atoms with Gasteiger partial charge in [0.05, 0.1) is 30.2 Å². The number of nitrogens with zero attached hydrogens (tertiary/aromatic N) is 5. The highest BCUT2D eigenvalue weighted by Crippen LogP contribution is 2.21. The number of carbonyl (C=O) groups excluding carboxylic acids is 2. The molecule has 0 unspecified atom stereocenters. The summed E-state index contributed by atoms with van der Waals surface area (Å²) >= 11 is 0. The number of carbonyl (C=O) groups is 3. The fraction of sp³-hybridized carbons (Fsp3) is 0.343. The summed E-state index contributed by atoms with van der Waals surface area (Å²) in [5.41, 5.74) is 22.0. The maximum atomic E-state index is 13.0. The Hall–Kier alpha value is -5.99. The molecule has 0 saturated carbocycles. The lowest BCUT2D eigenvalue weighted by Gasteiger charge is -2.19. The van der Waals surface area contributed by atoms with E-state index in [4.69, 9.17) is 28.0 Å². The molecule has 4 aromatic rings. The smallest absolute Gasteiger partial charge is 0.306 e. The molecule has 15 nitrogen and oxygen atoms in total. The minimum atomic E-state index is -1.12. The Morgan fingerprint density at radius 3 is 2.28 bits per heavy atom. The number of aliphatic carboxylic acids is 1. The average molecular weight is 682 g/mol. The monoisotopic (exact) mass is 681 g/mol. The molecule has 2 heterocycles. The zero-order valence-corrected chi connectivity index (χ0v) is 28.0. The summed E-state index contributed by atoms with van der Waals surface area (Å²) in [5, 5.41) is 27.7. The van der Waals surface area contributed by atoms with Crippen molar-refractivity contribution in [3.05, 3.63) is 77.1 Å². The number of fused-ring (bicyclic) bond motifs is 1. The van der Waals surface area contributed by atoms with E-state index in [2.05, 4.69) is 25.3 Å². The molecule has 262 valence electrons. The van der Waals surface area contributed by atoms with E-state index in [0.29, 0.717) is 54.1 Å². The summed E-state index contributed by atoms with van der Waals surface area (Å²) in [7, 11) is 1.85. The molecule has 10 N–H and O–H groups in total. The van der Waals surface area contributed by atoms with E-state index in [1.165, 1.54) is 0 Å². The molecule has 0 saturated heterocycles.